The molecule has 2 aromatic heterocycles. The van der Waals surface area contributed by atoms with E-state index < -0.39 is 0 Å². The third kappa shape index (κ3) is 2.68. The zero-order valence-corrected chi connectivity index (χ0v) is 13.1. The summed E-state index contributed by atoms with van der Waals surface area (Å²) in [5, 5.41) is 4.75. The number of hydrogen-bond donors (Lipinski definition) is 0. The highest BCUT2D eigenvalue weighted by molar-refractivity contribution is 5.51. The van der Waals surface area contributed by atoms with Gasteiger partial charge >= 0.3 is 0 Å². The minimum Gasteiger partial charge on any atom is -0.378 e. The van der Waals surface area contributed by atoms with E-state index in [-0.39, 0.29) is 0 Å². The Morgan fingerprint density at radius 2 is 2.05 bits per heavy atom. The number of likely N-dealkylation sites (tertiary alicyclic amines) is 1. The Labute approximate surface area is 130 Å². The molecule has 22 heavy (non-hydrogen) atoms. The van der Waals surface area contributed by atoms with Gasteiger partial charge in [0, 0.05) is 25.6 Å². The highest BCUT2D eigenvalue weighted by Gasteiger charge is 2.23. The van der Waals surface area contributed by atoms with Crippen LogP contribution in [0.25, 0.3) is 5.65 Å². The van der Waals surface area contributed by atoms with Crippen molar-refractivity contribution in [3.8, 4) is 0 Å². The number of fused-ring (bicyclic) bond motifs is 1. The maximum absolute atomic E-state index is 5.42. The fraction of sp³-hybridized carbons (Fsp3) is 0.625. The molecule has 0 saturated carbocycles. The van der Waals surface area contributed by atoms with Crippen LogP contribution in [-0.2, 0) is 4.74 Å². The molecule has 0 aromatic carbocycles. The van der Waals surface area contributed by atoms with Gasteiger partial charge in [0.25, 0.3) is 0 Å². The number of nitrogens with zero attached hydrogens (tertiary/aromatic N) is 5. The largest absolute Gasteiger partial charge is 0.378 e. The van der Waals surface area contributed by atoms with Crippen LogP contribution in [-0.4, -0.2) is 65.9 Å². The minimum absolute atomic E-state index is 0.463. The van der Waals surface area contributed by atoms with Gasteiger partial charge in [-0.25, -0.2) is 9.50 Å². The minimum atomic E-state index is 0.463. The first kappa shape index (κ1) is 14.0. The van der Waals surface area contributed by atoms with Crippen molar-refractivity contribution in [1.29, 1.82) is 0 Å². The first-order valence-electron chi connectivity index (χ1n) is 8.17. The van der Waals surface area contributed by atoms with Crippen LogP contribution >= 0.6 is 0 Å². The molecule has 0 radical (unpaired) electrons. The van der Waals surface area contributed by atoms with Gasteiger partial charge in [-0.15, -0.1) is 0 Å². The van der Waals surface area contributed by atoms with Crippen LogP contribution in [0.4, 0.5) is 5.69 Å². The number of piperidine rings is 1. The molecule has 0 bridgehead atoms. The molecule has 4 heterocycles. The quantitative estimate of drug-likeness (QED) is 0.838. The van der Waals surface area contributed by atoms with Crippen molar-refractivity contribution in [1.82, 2.24) is 19.5 Å². The molecule has 0 aliphatic carbocycles. The number of aromatic nitrogens is 3. The first-order valence-corrected chi connectivity index (χ1v) is 8.17. The van der Waals surface area contributed by atoms with E-state index in [4.69, 9.17) is 14.8 Å². The average molecular weight is 301 g/mol. The number of morpholine rings is 1. The van der Waals surface area contributed by atoms with Gasteiger partial charge in [-0.3, -0.25) is 0 Å². The van der Waals surface area contributed by atoms with Gasteiger partial charge in [0.15, 0.2) is 11.5 Å². The summed E-state index contributed by atoms with van der Waals surface area (Å²) in [6.45, 7) is 5.74. The molecule has 2 aliphatic heterocycles. The van der Waals surface area contributed by atoms with E-state index in [1.54, 1.807) is 0 Å². The van der Waals surface area contributed by atoms with Crippen LogP contribution in [0.15, 0.2) is 18.3 Å². The molecule has 0 amide bonds. The lowest BCUT2D eigenvalue weighted by Gasteiger charge is -2.28. The zero-order valence-electron chi connectivity index (χ0n) is 13.1. The van der Waals surface area contributed by atoms with Gasteiger partial charge in [0.05, 0.1) is 25.1 Å². The summed E-state index contributed by atoms with van der Waals surface area (Å²) in [7, 11) is 2.18. The summed E-state index contributed by atoms with van der Waals surface area (Å²) in [6.07, 6.45) is 4.52. The summed E-state index contributed by atoms with van der Waals surface area (Å²) in [5.74, 6) is 1.45. The first-order chi connectivity index (χ1) is 10.8. The molecule has 0 spiro atoms. The third-order valence-electron chi connectivity index (χ3n) is 4.70. The highest BCUT2D eigenvalue weighted by Crippen LogP contribution is 2.25. The molecule has 4 rings (SSSR count). The Morgan fingerprint density at radius 3 is 2.86 bits per heavy atom. The fourth-order valence-electron chi connectivity index (χ4n) is 3.45. The normalized spacial score (nSPS) is 24.0. The fourth-order valence-corrected chi connectivity index (χ4v) is 3.45. The SMILES string of the molecule is CN1CCC[C@@H](c2nc3ccc(N4CCOCC4)cn3n2)C1. The number of likely N-dealkylation sites (N-methyl/N-ethyl adjacent to an activating group) is 1. The topological polar surface area (TPSA) is 45.9 Å². The Hall–Kier alpha value is -1.66. The Bertz CT molecular complexity index is 649. The van der Waals surface area contributed by atoms with Crippen molar-refractivity contribution in [2.75, 3.05) is 51.3 Å². The molecule has 0 N–H and O–H groups in total. The van der Waals surface area contributed by atoms with Gasteiger partial charge in [0.1, 0.15) is 0 Å². The van der Waals surface area contributed by atoms with Crippen LogP contribution in [0.2, 0.25) is 0 Å². The van der Waals surface area contributed by atoms with E-state index >= 15 is 0 Å². The van der Waals surface area contributed by atoms with E-state index in [0.29, 0.717) is 5.92 Å². The molecule has 6 nitrogen and oxygen atoms in total. The van der Waals surface area contributed by atoms with Gasteiger partial charge in [0.2, 0.25) is 0 Å². The molecule has 0 unspecified atom stereocenters. The average Bonchev–Trinajstić information content (AvgIpc) is 2.99. The predicted molar refractivity (Wildman–Crippen MR) is 85.5 cm³/mol. The predicted octanol–water partition coefficient (Wildman–Crippen LogP) is 1.38. The number of ether oxygens (including phenoxy) is 1. The van der Waals surface area contributed by atoms with Crippen LogP contribution < -0.4 is 4.90 Å². The molecule has 6 heteroatoms. The summed E-state index contributed by atoms with van der Waals surface area (Å²) in [6, 6.07) is 4.22. The second-order valence-electron chi connectivity index (χ2n) is 6.36. The van der Waals surface area contributed by atoms with E-state index in [1.165, 1.54) is 25.1 Å². The monoisotopic (exact) mass is 301 g/mol. The number of hydrogen-bond acceptors (Lipinski definition) is 5. The maximum atomic E-state index is 5.42. The molecule has 118 valence electrons. The van der Waals surface area contributed by atoms with Gasteiger partial charge in [-0.05, 0) is 38.6 Å². The highest BCUT2D eigenvalue weighted by atomic mass is 16.5. The van der Waals surface area contributed by atoms with Crippen molar-refractivity contribution in [2.24, 2.45) is 0 Å². The summed E-state index contributed by atoms with van der Waals surface area (Å²) in [4.78, 5) is 9.46. The molecule has 1 atom stereocenters. The van der Waals surface area contributed by atoms with Crippen LogP contribution in [0.5, 0.6) is 0 Å². The number of rotatable bonds is 2. The summed E-state index contributed by atoms with van der Waals surface area (Å²) >= 11 is 0. The number of pyridine rings is 1. The summed E-state index contributed by atoms with van der Waals surface area (Å²) in [5.41, 5.74) is 2.15. The molecular weight excluding hydrogens is 278 g/mol. The standard InChI is InChI=1S/C16H23N5O/c1-19-6-2-3-13(11-19)16-17-15-5-4-14(12-21(15)18-16)20-7-9-22-10-8-20/h4-5,12-13H,2-3,6-11H2,1H3/t13-/m1/s1. The van der Waals surface area contributed by atoms with E-state index in [1.807, 2.05) is 4.52 Å². The number of anilines is 1. The third-order valence-corrected chi connectivity index (χ3v) is 4.70. The smallest absolute Gasteiger partial charge is 0.156 e. The lowest BCUT2D eigenvalue weighted by atomic mass is 9.98. The second-order valence-corrected chi connectivity index (χ2v) is 6.36. The maximum Gasteiger partial charge on any atom is 0.156 e. The Morgan fingerprint density at radius 1 is 1.18 bits per heavy atom. The van der Waals surface area contributed by atoms with Gasteiger partial charge in [-0.1, -0.05) is 0 Å². The van der Waals surface area contributed by atoms with Crippen molar-refractivity contribution in [3.63, 3.8) is 0 Å². The van der Waals surface area contributed by atoms with E-state index in [0.717, 1.165) is 44.3 Å². The zero-order chi connectivity index (χ0) is 14.9. The molecule has 2 fully saturated rings. The second kappa shape index (κ2) is 5.85. The van der Waals surface area contributed by atoms with Crippen molar-refractivity contribution >= 4 is 11.3 Å². The summed E-state index contributed by atoms with van der Waals surface area (Å²) < 4.78 is 7.36. The molecular formula is C16H23N5O. The molecule has 2 saturated heterocycles. The van der Waals surface area contributed by atoms with Gasteiger partial charge in [-0.2, -0.15) is 5.10 Å². The van der Waals surface area contributed by atoms with E-state index in [9.17, 15) is 0 Å². The van der Waals surface area contributed by atoms with Crippen LogP contribution in [0.3, 0.4) is 0 Å². The Kier molecular flexibility index (Phi) is 3.72. The lowest BCUT2D eigenvalue weighted by molar-refractivity contribution is 0.122. The molecule has 2 aromatic rings. The Balaban J connectivity index is 1.60. The van der Waals surface area contributed by atoms with E-state index in [2.05, 4.69) is 35.2 Å². The van der Waals surface area contributed by atoms with Crippen molar-refractivity contribution < 1.29 is 4.74 Å². The lowest BCUT2D eigenvalue weighted by Crippen LogP contribution is -2.36. The molecule has 2 aliphatic rings. The van der Waals surface area contributed by atoms with Crippen LogP contribution in [0.1, 0.15) is 24.6 Å². The van der Waals surface area contributed by atoms with Crippen molar-refractivity contribution in [3.05, 3.63) is 24.2 Å². The van der Waals surface area contributed by atoms with Crippen LogP contribution in [0, 0.1) is 0 Å². The van der Waals surface area contributed by atoms with Gasteiger partial charge < -0.3 is 14.5 Å². The van der Waals surface area contributed by atoms with Crippen molar-refractivity contribution in [2.45, 2.75) is 18.8 Å².